The third-order valence-corrected chi connectivity index (χ3v) is 7.94. The van der Waals surface area contributed by atoms with Crippen LogP contribution < -0.4 is 5.32 Å². The number of carbonyl (C=O) groups excluding carboxylic acids is 1. The lowest BCUT2D eigenvalue weighted by atomic mass is 9.89. The number of benzene rings is 1. The second kappa shape index (κ2) is 8.18. The molecule has 6 nitrogen and oxygen atoms in total. The van der Waals surface area contributed by atoms with Crippen LogP contribution in [-0.4, -0.2) is 30.7 Å². The van der Waals surface area contributed by atoms with E-state index in [1.807, 2.05) is 0 Å². The van der Waals surface area contributed by atoms with Crippen LogP contribution in [0.5, 0.6) is 0 Å². The third kappa shape index (κ3) is 4.09. The lowest BCUT2D eigenvalue weighted by molar-refractivity contribution is 0.0925. The second-order valence-electron chi connectivity index (χ2n) is 7.82. The molecule has 158 valence electrons. The summed E-state index contributed by atoms with van der Waals surface area (Å²) in [5.74, 6) is -0.420. The van der Waals surface area contributed by atoms with Gasteiger partial charge in [0.05, 0.1) is 16.3 Å². The van der Waals surface area contributed by atoms with Crippen molar-refractivity contribution in [3.05, 3.63) is 60.1 Å². The predicted octanol–water partition coefficient (Wildman–Crippen LogP) is 4.06. The van der Waals surface area contributed by atoms with E-state index < -0.39 is 21.3 Å². The van der Waals surface area contributed by atoms with E-state index in [0.29, 0.717) is 18.4 Å². The molecule has 1 fully saturated rings. The Labute approximate surface area is 174 Å². The van der Waals surface area contributed by atoms with Gasteiger partial charge in [0.2, 0.25) is 0 Å². The number of pyridine rings is 1. The molecule has 2 aromatic heterocycles. The summed E-state index contributed by atoms with van der Waals surface area (Å²) in [4.78, 5) is 16.5. The summed E-state index contributed by atoms with van der Waals surface area (Å²) in [6.07, 6.45) is 3.22. The molecule has 4 rings (SSSR count). The molecule has 1 amide bonds. The number of hydrogen-bond donors (Lipinski definition) is 1. The van der Waals surface area contributed by atoms with Crippen LogP contribution in [-0.2, 0) is 16.4 Å². The third-order valence-electron chi connectivity index (χ3n) is 5.71. The van der Waals surface area contributed by atoms with Gasteiger partial charge in [0.15, 0.2) is 21.2 Å². The number of halogens is 1. The summed E-state index contributed by atoms with van der Waals surface area (Å²) in [6.45, 7) is 2.00. The molecule has 0 radical (unpaired) electrons. The van der Waals surface area contributed by atoms with Crippen LogP contribution in [0.15, 0.2) is 58.1 Å². The number of nitrogens with zero attached hydrogens (tertiary/aromatic N) is 1. The smallest absolute Gasteiger partial charge is 0.287 e. The van der Waals surface area contributed by atoms with Crippen LogP contribution in [0.3, 0.4) is 0 Å². The first-order valence-corrected chi connectivity index (χ1v) is 11.5. The standard InChI is InChI=1S/C22H23FN2O4S/c1-14-10-18(6-7-19(14)23)30(27,28)17-4-2-15(3-5-17)12-25-22(26)20-11-16-8-9-24-13-21(16)29-20/h2-5,8-9,11,13-14,18-19H,6-7,10,12H2,1H3,(H,25,26). The minimum Gasteiger partial charge on any atom is -0.449 e. The lowest BCUT2D eigenvalue weighted by Crippen LogP contribution is -2.33. The van der Waals surface area contributed by atoms with E-state index in [1.54, 1.807) is 55.7 Å². The Balaban J connectivity index is 1.40. The number of carbonyl (C=O) groups is 1. The first kappa shape index (κ1) is 20.5. The van der Waals surface area contributed by atoms with E-state index in [1.165, 1.54) is 0 Å². The van der Waals surface area contributed by atoms with E-state index in [2.05, 4.69) is 10.3 Å². The number of fused-ring (bicyclic) bond motifs is 1. The SMILES string of the molecule is CC1CC(S(=O)(=O)c2ccc(CNC(=O)c3cc4ccncc4o3)cc2)CCC1F. The highest BCUT2D eigenvalue weighted by molar-refractivity contribution is 7.92. The molecule has 1 aliphatic carbocycles. The Kier molecular flexibility index (Phi) is 5.60. The van der Waals surface area contributed by atoms with E-state index in [-0.39, 0.29) is 35.4 Å². The van der Waals surface area contributed by atoms with Gasteiger partial charge in [-0.25, -0.2) is 12.8 Å². The van der Waals surface area contributed by atoms with Gasteiger partial charge in [-0.2, -0.15) is 0 Å². The summed E-state index contributed by atoms with van der Waals surface area (Å²) >= 11 is 0. The monoisotopic (exact) mass is 430 g/mol. The summed E-state index contributed by atoms with van der Waals surface area (Å²) in [5, 5.41) is 3.01. The second-order valence-corrected chi connectivity index (χ2v) is 10.1. The zero-order chi connectivity index (χ0) is 21.3. The summed E-state index contributed by atoms with van der Waals surface area (Å²) in [5.41, 5.74) is 1.30. The minimum atomic E-state index is -3.50. The molecule has 3 unspecified atom stereocenters. The van der Waals surface area contributed by atoms with Gasteiger partial charge in [-0.3, -0.25) is 9.78 Å². The zero-order valence-electron chi connectivity index (χ0n) is 16.5. The van der Waals surface area contributed by atoms with Gasteiger partial charge in [0.25, 0.3) is 5.91 Å². The van der Waals surface area contributed by atoms with Crippen LogP contribution >= 0.6 is 0 Å². The Morgan fingerprint density at radius 3 is 2.70 bits per heavy atom. The highest BCUT2D eigenvalue weighted by Gasteiger charge is 2.35. The molecule has 1 saturated carbocycles. The van der Waals surface area contributed by atoms with Gasteiger partial charge in [-0.05, 0) is 55.0 Å². The maximum Gasteiger partial charge on any atom is 0.287 e. The number of rotatable bonds is 5. The molecule has 2 heterocycles. The average Bonchev–Trinajstić information content (AvgIpc) is 3.18. The molecule has 1 aromatic carbocycles. The molecule has 8 heteroatoms. The molecule has 0 bridgehead atoms. The Morgan fingerprint density at radius 2 is 2.00 bits per heavy atom. The first-order valence-electron chi connectivity index (χ1n) is 9.93. The molecule has 0 aliphatic heterocycles. The van der Waals surface area contributed by atoms with E-state index in [9.17, 15) is 17.6 Å². The Hall–Kier alpha value is -2.74. The molecule has 1 aliphatic rings. The van der Waals surface area contributed by atoms with Crippen LogP contribution in [0.1, 0.15) is 42.3 Å². The van der Waals surface area contributed by atoms with Crippen molar-refractivity contribution in [1.82, 2.24) is 10.3 Å². The maximum atomic E-state index is 13.7. The summed E-state index contributed by atoms with van der Waals surface area (Å²) < 4.78 is 44.9. The van der Waals surface area contributed by atoms with Gasteiger partial charge in [-0.15, -0.1) is 0 Å². The van der Waals surface area contributed by atoms with E-state index in [0.717, 1.165) is 10.9 Å². The van der Waals surface area contributed by atoms with Crippen LogP contribution in [0.4, 0.5) is 4.39 Å². The Bertz CT molecular complexity index is 1120. The number of aromatic nitrogens is 1. The number of sulfone groups is 1. The highest BCUT2D eigenvalue weighted by atomic mass is 32.2. The normalized spacial score (nSPS) is 22.1. The fraction of sp³-hybridized carbons (Fsp3) is 0.364. The molecule has 3 aromatic rings. The van der Waals surface area contributed by atoms with Crippen molar-refractivity contribution in [2.45, 2.75) is 49.0 Å². The molecular formula is C22H23FN2O4S. The number of amides is 1. The summed E-state index contributed by atoms with van der Waals surface area (Å²) in [7, 11) is -3.50. The van der Waals surface area contributed by atoms with Crippen LogP contribution in [0, 0.1) is 5.92 Å². The first-order chi connectivity index (χ1) is 14.3. The van der Waals surface area contributed by atoms with Crippen molar-refractivity contribution in [2.75, 3.05) is 0 Å². The van der Waals surface area contributed by atoms with Gasteiger partial charge >= 0.3 is 0 Å². The fourth-order valence-electron chi connectivity index (χ4n) is 3.85. The van der Waals surface area contributed by atoms with E-state index in [4.69, 9.17) is 4.42 Å². The number of hydrogen-bond acceptors (Lipinski definition) is 5. The largest absolute Gasteiger partial charge is 0.449 e. The van der Waals surface area contributed by atoms with Gasteiger partial charge < -0.3 is 9.73 Å². The molecular weight excluding hydrogens is 407 g/mol. The zero-order valence-corrected chi connectivity index (χ0v) is 17.4. The molecule has 1 N–H and O–H groups in total. The van der Waals surface area contributed by atoms with Gasteiger partial charge in [-0.1, -0.05) is 19.1 Å². The number of furan rings is 1. The van der Waals surface area contributed by atoms with Crippen molar-refractivity contribution in [2.24, 2.45) is 5.92 Å². The van der Waals surface area contributed by atoms with Crippen molar-refractivity contribution < 1.29 is 22.0 Å². The van der Waals surface area contributed by atoms with E-state index >= 15 is 0 Å². The number of nitrogens with one attached hydrogen (secondary N) is 1. The molecule has 30 heavy (non-hydrogen) atoms. The molecule has 0 saturated heterocycles. The van der Waals surface area contributed by atoms with Crippen LogP contribution in [0.2, 0.25) is 0 Å². The minimum absolute atomic E-state index is 0.190. The van der Waals surface area contributed by atoms with Crippen molar-refractivity contribution in [3.63, 3.8) is 0 Å². The predicted molar refractivity (Wildman–Crippen MR) is 111 cm³/mol. The fourth-order valence-corrected chi connectivity index (χ4v) is 5.75. The molecule has 3 atom stereocenters. The van der Waals surface area contributed by atoms with Crippen molar-refractivity contribution in [1.29, 1.82) is 0 Å². The molecule has 0 spiro atoms. The lowest BCUT2D eigenvalue weighted by Gasteiger charge is -2.29. The van der Waals surface area contributed by atoms with Crippen LogP contribution in [0.25, 0.3) is 11.0 Å². The van der Waals surface area contributed by atoms with Crippen molar-refractivity contribution >= 4 is 26.7 Å². The highest BCUT2D eigenvalue weighted by Crippen LogP contribution is 2.33. The maximum absolute atomic E-state index is 13.7. The Morgan fingerprint density at radius 1 is 1.23 bits per heavy atom. The van der Waals surface area contributed by atoms with Crippen molar-refractivity contribution in [3.8, 4) is 0 Å². The van der Waals surface area contributed by atoms with Gasteiger partial charge in [0, 0.05) is 18.1 Å². The van der Waals surface area contributed by atoms with Gasteiger partial charge in [0.1, 0.15) is 6.17 Å². The average molecular weight is 431 g/mol. The summed E-state index contributed by atoms with van der Waals surface area (Å²) in [6, 6.07) is 9.87. The number of alkyl halides is 1. The quantitative estimate of drug-likeness (QED) is 0.659. The topological polar surface area (TPSA) is 89.3 Å².